The third kappa shape index (κ3) is 2.36. The largest absolute Gasteiger partial charge is 0.464 e. The predicted octanol–water partition coefficient (Wildman–Crippen LogP) is -0.110. The quantitative estimate of drug-likeness (QED) is 0.591. The van der Waals surface area contributed by atoms with E-state index in [4.69, 9.17) is 9.84 Å². The number of nitrogens with one attached hydrogen (secondary N) is 1. The van der Waals surface area contributed by atoms with E-state index in [0.29, 0.717) is 6.54 Å². The zero-order valence-corrected chi connectivity index (χ0v) is 6.41. The first-order valence-corrected chi connectivity index (χ1v) is 3.49. The zero-order chi connectivity index (χ0) is 8.27. The summed E-state index contributed by atoms with van der Waals surface area (Å²) in [5, 5.41) is 9.97. The van der Waals surface area contributed by atoms with Crippen LogP contribution in [0.4, 0.5) is 4.79 Å². The first-order chi connectivity index (χ1) is 5.22. The Hall–Kier alpha value is -0.810. The second kappa shape index (κ2) is 3.54. The Bertz CT molecular complexity index is 151. The van der Waals surface area contributed by atoms with Gasteiger partial charge < -0.3 is 9.84 Å². The van der Waals surface area contributed by atoms with Gasteiger partial charge in [-0.05, 0) is 6.42 Å². The van der Waals surface area contributed by atoms with Gasteiger partial charge in [-0.25, -0.2) is 9.80 Å². The van der Waals surface area contributed by atoms with Gasteiger partial charge >= 0.3 is 6.09 Å². The number of hydrazine groups is 1. The average Bonchev–Trinajstić information content (AvgIpc) is 2.34. The van der Waals surface area contributed by atoms with Crippen molar-refractivity contribution >= 4 is 6.09 Å². The maximum Gasteiger partial charge on any atom is 0.419 e. The van der Waals surface area contributed by atoms with Crippen LogP contribution in [0.15, 0.2) is 0 Å². The molecule has 0 aromatic carbocycles. The van der Waals surface area contributed by atoms with Crippen LogP contribution < -0.4 is 5.43 Å². The number of amides is 1. The molecular formula is C6H12N2O3. The van der Waals surface area contributed by atoms with Gasteiger partial charge in [0.25, 0.3) is 0 Å². The van der Waals surface area contributed by atoms with Crippen molar-refractivity contribution in [2.24, 2.45) is 0 Å². The lowest BCUT2D eigenvalue weighted by molar-refractivity contribution is 0.0966. The monoisotopic (exact) mass is 160 g/mol. The predicted molar refractivity (Wildman–Crippen MR) is 38.1 cm³/mol. The fourth-order valence-corrected chi connectivity index (χ4v) is 1.16. The molecule has 0 spiro atoms. The SMILES string of the molecule is COC1CCN(NC(=O)O)C1. The zero-order valence-electron chi connectivity index (χ0n) is 6.41. The fraction of sp³-hybridized carbons (Fsp3) is 0.833. The van der Waals surface area contributed by atoms with E-state index in [9.17, 15) is 4.79 Å². The molecule has 1 atom stereocenters. The van der Waals surface area contributed by atoms with E-state index in [2.05, 4.69) is 5.43 Å². The number of methoxy groups -OCH3 is 1. The van der Waals surface area contributed by atoms with Crippen LogP contribution in [0.25, 0.3) is 0 Å². The van der Waals surface area contributed by atoms with Crippen LogP contribution in [-0.4, -0.2) is 42.5 Å². The Balaban J connectivity index is 2.24. The highest BCUT2D eigenvalue weighted by Crippen LogP contribution is 2.08. The molecule has 5 nitrogen and oxygen atoms in total. The Labute approximate surface area is 64.9 Å². The molecule has 1 saturated heterocycles. The fourth-order valence-electron chi connectivity index (χ4n) is 1.16. The number of ether oxygens (including phenoxy) is 1. The molecule has 11 heavy (non-hydrogen) atoms. The highest BCUT2D eigenvalue weighted by Gasteiger charge is 2.22. The van der Waals surface area contributed by atoms with E-state index >= 15 is 0 Å². The standard InChI is InChI=1S/C6H12N2O3/c1-11-5-2-3-8(4-5)7-6(9)10/h5,7H,2-4H2,1H3,(H,9,10). The molecule has 64 valence electrons. The summed E-state index contributed by atoms with van der Waals surface area (Å²) in [4.78, 5) is 10.2. The van der Waals surface area contributed by atoms with Gasteiger partial charge in [0, 0.05) is 20.2 Å². The van der Waals surface area contributed by atoms with Crippen LogP contribution in [0, 0.1) is 0 Å². The minimum Gasteiger partial charge on any atom is -0.464 e. The lowest BCUT2D eigenvalue weighted by atomic mass is 10.3. The van der Waals surface area contributed by atoms with Crippen molar-refractivity contribution in [1.29, 1.82) is 0 Å². The van der Waals surface area contributed by atoms with Crippen molar-refractivity contribution in [2.75, 3.05) is 20.2 Å². The van der Waals surface area contributed by atoms with E-state index in [1.165, 1.54) is 0 Å². The molecular weight excluding hydrogens is 148 g/mol. The Morgan fingerprint density at radius 3 is 3.00 bits per heavy atom. The molecule has 0 aromatic rings. The molecule has 1 unspecified atom stereocenters. The summed E-state index contributed by atoms with van der Waals surface area (Å²) in [6.07, 6.45) is 0.0418. The van der Waals surface area contributed by atoms with Crippen molar-refractivity contribution in [3.8, 4) is 0 Å². The molecule has 1 amide bonds. The number of hydrogen-bond donors (Lipinski definition) is 2. The molecule has 1 aliphatic rings. The van der Waals surface area contributed by atoms with Gasteiger partial charge in [-0.15, -0.1) is 0 Å². The van der Waals surface area contributed by atoms with Crippen LogP contribution in [-0.2, 0) is 4.74 Å². The lowest BCUT2D eigenvalue weighted by Crippen LogP contribution is -2.40. The van der Waals surface area contributed by atoms with E-state index in [1.54, 1.807) is 12.1 Å². The van der Waals surface area contributed by atoms with Crippen LogP contribution in [0.3, 0.4) is 0 Å². The molecule has 0 bridgehead atoms. The lowest BCUT2D eigenvalue weighted by Gasteiger charge is -2.13. The highest BCUT2D eigenvalue weighted by atomic mass is 16.5. The van der Waals surface area contributed by atoms with Crippen molar-refractivity contribution in [3.05, 3.63) is 0 Å². The number of carbonyl (C=O) groups is 1. The normalized spacial score (nSPS) is 25.4. The molecule has 1 rings (SSSR count). The average molecular weight is 160 g/mol. The van der Waals surface area contributed by atoms with Crippen LogP contribution in [0.5, 0.6) is 0 Å². The number of nitrogens with zero attached hydrogens (tertiary/aromatic N) is 1. The minimum absolute atomic E-state index is 0.168. The van der Waals surface area contributed by atoms with Gasteiger partial charge in [0.15, 0.2) is 0 Å². The molecule has 1 fully saturated rings. The molecule has 1 heterocycles. The summed E-state index contributed by atoms with van der Waals surface area (Å²) in [5.74, 6) is 0. The Morgan fingerprint density at radius 2 is 2.55 bits per heavy atom. The highest BCUT2D eigenvalue weighted by molar-refractivity contribution is 5.63. The maximum absolute atomic E-state index is 10.2. The summed E-state index contributed by atoms with van der Waals surface area (Å²) in [5.41, 5.74) is 2.28. The topological polar surface area (TPSA) is 61.8 Å². The van der Waals surface area contributed by atoms with Crippen molar-refractivity contribution in [2.45, 2.75) is 12.5 Å². The number of rotatable bonds is 2. The Kier molecular flexibility index (Phi) is 2.67. The second-order valence-electron chi connectivity index (χ2n) is 2.51. The smallest absolute Gasteiger partial charge is 0.419 e. The second-order valence-corrected chi connectivity index (χ2v) is 2.51. The van der Waals surface area contributed by atoms with Gasteiger partial charge in [0.1, 0.15) is 0 Å². The van der Waals surface area contributed by atoms with E-state index in [0.717, 1.165) is 13.0 Å². The van der Waals surface area contributed by atoms with Gasteiger partial charge in [-0.1, -0.05) is 0 Å². The summed E-state index contributed by atoms with van der Waals surface area (Å²) in [7, 11) is 1.63. The van der Waals surface area contributed by atoms with Crippen LogP contribution in [0.1, 0.15) is 6.42 Å². The number of hydrogen-bond acceptors (Lipinski definition) is 3. The van der Waals surface area contributed by atoms with Crippen molar-refractivity contribution < 1.29 is 14.6 Å². The van der Waals surface area contributed by atoms with E-state index in [-0.39, 0.29) is 6.10 Å². The molecule has 5 heteroatoms. The first kappa shape index (κ1) is 8.29. The number of carboxylic acid groups (broad SMARTS) is 1. The third-order valence-electron chi connectivity index (χ3n) is 1.73. The van der Waals surface area contributed by atoms with Crippen LogP contribution >= 0.6 is 0 Å². The van der Waals surface area contributed by atoms with Crippen LogP contribution in [0.2, 0.25) is 0 Å². The molecule has 1 aliphatic heterocycles. The van der Waals surface area contributed by atoms with Crippen molar-refractivity contribution in [1.82, 2.24) is 10.4 Å². The summed E-state index contributed by atoms with van der Waals surface area (Å²) in [6, 6.07) is 0. The van der Waals surface area contributed by atoms with Gasteiger partial charge in [0.05, 0.1) is 6.10 Å². The minimum atomic E-state index is -1.01. The molecule has 2 N–H and O–H groups in total. The first-order valence-electron chi connectivity index (χ1n) is 3.49. The maximum atomic E-state index is 10.2. The molecule has 0 aliphatic carbocycles. The molecule has 0 radical (unpaired) electrons. The van der Waals surface area contributed by atoms with E-state index < -0.39 is 6.09 Å². The molecule has 0 aromatic heterocycles. The summed E-state index contributed by atoms with van der Waals surface area (Å²) >= 11 is 0. The summed E-state index contributed by atoms with van der Waals surface area (Å²) in [6.45, 7) is 1.37. The van der Waals surface area contributed by atoms with E-state index in [1.807, 2.05) is 0 Å². The van der Waals surface area contributed by atoms with Crippen molar-refractivity contribution in [3.63, 3.8) is 0 Å². The summed E-state index contributed by atoms with van der Waals surface area (Å²) < 4.78 is 5.05. The van der Waals surface area contributed by atoms with Gasteiger partial charge in [-0.2, -0.15) is 0 Å². The third-order valence-corrected chi connectivity index (χ3v) is 1.73. The van der Waals surface area contributed by atoms with Gasteiger partial charge in [-0.3, -0.25) is 5.43 Å². The molecule has 0 saturated carbocycles. The van der Waals surface area contributed by atoms with Gasteiger partial charge in [0.2, 0.25) is 0 Å². The Morgan fingerprint density at radius 1 is 1.82 bits per heavy atom.